The molecule has 2 fully saturated rings. The molecule has 2 unspecified atom stereocenters. The number of rotatable bonds is 5. The maximum Gasteiger partial charge on any atom is 0.255 e. The molecule has 1 aliphatic heterocycles. The van der Waals surface area contributed by atoms with E-state index in [0.29, 0.717) is 11.8 Å². The summed E-state index contributed by atoms with van der Waals surface area (Å²) in [6.45, 7) is 5.04. The average Bonchev–Trinajstić information content (AvgIpc) is 3.34. The van der Waals surface area contributed by atoms with Crippen LogP contribution in [0.1, 0.15) is 53.9 Å². The van der Waals surface area contributed by atoms with Gasteiger partial charge in [-0.2, -0.15) is 0 Å². The van der Waals surface area contributed by atoms with Crippen LogP contribution in [0.3, 0.4) is 0 Å². The number of likely N-dealkylation sites (tertiary alicyclic amines) is 1. The summed E-state index contributed by atoms with van der Waals surface area (Å²) in [6, 6.07) is 8.07. The van der Waals surface area contributed by atoms with E-state index < -0.39 is 0 Å². The number of carbonyl (C=O) groups is 1. The largest absolute Gasteiger partial charge is 0.468 e. The maximum absolute atomic E-state index is 12.7. The van der Waals surface area contributed by atoms with Gasteiger partial charge >= 0.3 is 0 Å². The molecule has 0 radical (unpaired) electrons. The second-order valence-electron chi connectivity index (χ2n) is 7.37. The van der Waals surface area contributed by atoms with Crippen molar-refractivity contribution in [2.75, 3.05) is 13.1 Å². The van der Waals surface area contributed by atoms with E-state index in [-0.39, 0.29) is 11.9 Å². The highest BCUT2D eigenvalue weighted by Crippen LogP contribution is 2.42. The highest BCUT2D eigenvalue weighted by molar-refractivity contribution is 5.95. The van der Waals surface area contributed by atoms with Crippen LogP contribution in [0.2, 0.25) is 0 Å². The molecule has 2 aromatic heterocycles. The van der Waals surface area contributed by atoms with Crippen LogP contribution in [-0.4, -0.2) is 34.9 Å². The Morgan fingerprint density at radius 1 is 1.32 bits per heavy atom. The minimum absolute atomic E-state index is 0.0191. The van der Waals surface area contributed by atoms with Gasteiger partial charge in [-0.15, -0.1) is 0 Å². The molecular weight excluding hydrogens is 314 g/mol. The topological polar surface area (TPSA) is 58.4 Å². The molecule has 2 aromatic rings. The molecule has 25 heavy (non-hydrogen) atoms. The molecule has 3 heterocycles. The number of hydrogen-bond donors (Lipinski definition) is 1. The monoisotopic (exact) mass is 339 g/mol. The Morgan fingerprint density at radius 3 is 2.92 bits per heavy atom. The summed E-state index contributed by atoms with van der Waals surface area (Å²) < 4.78 is 5.53. The van der Waals surface area contributed by atoms with Crippen LogP contribution >= 0.6 is 0 Å². The molecule has 5 heteroatoms. The number of nitrogens with zero attached hydrogens (tertiary/aromatic N) is 2. The average molecular weight is 339 g/mol. The van der Waals surface area contributed by atoms with Gasteiger partial charge in [0.15, 0.2) is 0 Å². The molecule has 132 valence electrons. The number of pyridine rings is 1. The van der Waals surface area contributed by atoms with Crippen molar-refractivity contribution in [2.24, 2.45) is 5.92 Å². The van der Waals surface area contributed by atoms with Gasteiger partial charge in [0, 0.05) is 37.8 Å². The zero-order chi connectivity index (χ0) is 17.2. The van der Waals surface area contributed by atoms with E-state index in [4.69, 9.17) is 4.42 Å². The molecule has 0 aromatic carbocycles. The summed E-state index contributed by atoms with van der Waals surface area (Å²) in [6.07, 6.45) is 6.72. The van der Waals surface area contributed by atoms with E-state index in [1.54, 1.807) is 6.26 Å². The van der Waals surface area contributed by atoms with Crippen molar-refractivity contribution in [1.29, 1.82) is 0 Å². The lowest BCUT2D eigenvalue weighted by atomic mass is 9.93. The van der Waals surface area contributed by atoms with E-state index in [1.807, 2.05) is 24.4 Å². The lowest BCUT2D eigenvalue weighted by Gasteiger charge is -2.37. The standard InChI is InChI=1S/C20H25N3O2/c1-14-12-23(13-16-4-2-3-9-21-16)10-7-18(14)22-20(24)17-8-11-25-19(17)15-5-6-15/h2-4,8-9,11,14-15,18H,5-7,10,12-13H2,1H3,(H,22,24). The van der Waals surface area contributed by atoms with Crippen LogP contribution in [-0.2, 0) is 6.54 Å². The number of amides is 1. The first kappa shape index (κ1) is 16.3. The Balaban J connectivity index is 1.33. The molecule has 2 aliphatic rings. The fourth-order valence-corrected chi connectivity index (χ4v) is 3.73. The van der Waals surface area contributed by atoms with E-state index in [0.717, 1.165) is 55.9 Å². The SMILES string of the molecule is CC1CN(Cc2ccccn2)CCC1NC(=O)c1ccoc1C1CC1. The zero-order valence-electron chi connectivity index (χ0n) is 14.6. The van der Waals surface area contributed by atoms with Crippen molar-refractivity contribution < 1.29 is 9.21 Å². The van der Waals surface area contributed by atoms with Crippen LogP contribution < -0.4 is 5.32 Å². The molecular formula is C20H25N3O2. The fraction of sp³-hybridized carbons (Fsp3) is 0.500. The summed E-state index contributed by atoms with van der Waals surface area (Å²) >= 11 is 0. The molecule has 1 saturated heterocycles. The minimum atomic E-state index is 0.0191. The zero-order valence-corrected chi connectivity index (χ0v) is 14.6. The summed E-state index contributed by atoms with van der Waals surface area (Å²) in [4.78, 5) is 19.5. The Kier molecular flexibility index (Phi) is 4.57. The Hall–Kier alpha value is -2.14. The summed E-state index contributed by atoms with van der Waals surface area (Å²) in [5.74, 6) is 1.76. The number of aromatic nitrogens is 1. The number of carbonyl (C=O) groups excluding carboxylic acids is 1. The lowest BCUT2D eigenvalue weighted by molar-refractivity contribution is 0.0857. The van der Waals surface area contributed by atoms with Gasteiger partial charge in [-0.1, -0.05) is 13.0 Å². The van der Waals surface area contributed by atoms with Gasteiger partial charge in [0.2, 0.25) is 0 Å². The van der Waals surface area contributed by atoms with Crippen LogP contribution in [0.15, 0.2) is 41.1 Å². The first-order valence-corrected chi connectivity index (χ1v) is 9.21. The predicted octanol–water partition coefficient (Wildman–Crippen LogP) is 3.19. The summed E-state index contributed by atoms with van der Waals surface area (Å²) in [5, 5.41) is 3.24. The first-order valence-electron chi connectivity index (χ1n) is 9.21. The Bertz CT molecular complexity index is 724. The normalized spacial score (nSPS) is 24.2. The second-order valence-corrected chi connectivity index (χ2v) is 7.37. The van der Waals surface area contributed by atoms with E-state index in [2.05, 4.69) is 28.2 Å². The lowest BCUT2D eigenvalue weighted by Crippen LogP contribution is -2.49. The molecule has 4 rings (SSSR count). The van der Waals surface area contributed by atoms with Gasteiger partial charge in [-0.3, -0.25) is 14.7 Å². The number of nitrogens with one attached hydrogen (secondary N) is 1. The smallest absolute Gasteiger partial charge is 0.255 e. The van der Waals surface area contributed by atoms with Crippen molar-refractivity contribution in [3.8, 4) is 0 Å². The van der Waals surface area contributed by atoms with Crippen LogP contribution in [0.25, 0.3) is 0 Å². The van der Waals surface area contributed by atoms with Crippen molar-refractivity contribution in [2.45, 2.75) is 44.7 Å². The number of hydrogen-bond acceptors (Lipinski definition) is 4. The van der Waals surface area contributed by atoms with E-state index >= 15 is 0 Å². The second kappa shape index (κ2) is 7.00. The quantitative estimate of drug-likeness (QED) is 0.909. The first-order chi connectivity index (χ1) is 12.2. The molecule has 0 spiro atoms. The van der Waals surface area contributed by atoms with Gasteiger partial charge in [-0.25, -0.2) is 0 Å². The summed E-state index contributed by atoms with van der Waals surface area (Å²) in [7, 11) is 0. The van der Waals surface area contributed by atoms with Crippen LogP contribution in [0, 0.1) is 5.92 Å². The van der Waals surface area contributed by atoms with Crippen LogP contribution in [0.5, 0.6) is 0 Å². The van der Waals surface area contributed by atoms with Crippen molar-refractivity contribution in [1.82, 2.24) is 15.2 Å². The molecule has 1 saturated carbocycles. The van der Waals surface area contributed by atoms with Gasteiger partial charge in [0.1, 0.15) is 5.76 Å². The van der Waals surface area contributed by atoms with Gasteiger partial charge in [0.05, 0.1) is 17.5 Å². The molecule has 1 aliphatic carbocycles. The molecule has 2 atom stereocenters. The maximum atomic E-state index is 12.7. The molecule has 1 amide bonds. The highest BCUT2D eigenvalue weighted by atomic mass is 16.3. The third-order valence-electron chi connectivity index (χ3n) is 5.31. The summed E-state index contributed by atoms with van der Waals surface area (Å²) in [5.41, 5.74) is 1.83. The van der Waals surface area contributed by atoms with Crippen molar-refractivity contribution in [3.05, 3.63) is 53.7 Å². The van der Waals surface area contributed by atoms with E-state index in [9.17, 15) is 4.79 Å². The Morgan fingerprint density at radius 2 is 2.20 bits per heavy atom. The predicted molar refractivity (Wildman–Crippen MR) is 95.2 cm³/mol. The van der Waals surface area contributed by atoms with Crippen molar-refractivity contribution in [3.63, 3.8) is 0 Å². The molecule has 1 N–H and O–H groups in total. The third kappa shape index (κ3) is 3.76. The molecule has 0 bridgehead atoms. The fourth-order valence-electron chi connectivity index (χ4n) is 3.73. The van der Waals surface area contributed by atoms with Gasteiger partial charge < -0.3 is 9.73 Å². The number of furan rings is 1. The number of piperidine rings is 1. The van der Waals surface area contributed by atoms with Crippen molar-refractivity contribution >= 4 is 5.91 Å². The Labute approximate surface area is 148 Å². The van der Waals surface area contributed by atoms with E-state index in [1.165, 1.54) is 0 Å². The highest BCUT2D eigenvalue weighted by Gasteiger charge is 2.33. The third-order valence-corrected chi connectivity index (χ3v) is 5.31. The van der Waals surface area contributed by atoms with Gasteiger partial charge in [0.25, 0.3) is 5.91 Å². The minimum Gasteiger partial charge on any atom is -0.468 e. The van der Waals surface area contributed by atoms with Crippen LogP contribution in [0.4, 0.5) is 0 Å². The van der Waals surface area contributed by atoms with Gasteiger partial charge in [-0.05, 0) is 43.4 Å². The molecule has 5 nitrogen and oxygen atoms in total.